The second-order valence-electron chi connectivity index (χ2n) is 18.9. The Morgan fingerprint density at radius 2 is 0.875 bits per heavy atom. The van der Waals surface area contributed by atoms with Crippen molar-refractivity contribution in [2.75, 3.05) is 54.4 Å². The maximum atomic E-state index is 13.5. The predicted molar refractivity (Wildman–Crippen MR) is 262 cm³/mol. The van der Waals surface area contributed by atoms with Gasteiger partial charge in [0.05, 0.1) is 47.2 Å². The van der Waals surface area contributed by atoms with E-state index in [9.17, 15) is 97.8 Å². The van der Waals surface area contributed by atoms with E-state index in [-0.39, 0.29) is 28.0 Å². The number of quaternary nitrogens is 2. The van der Waals surface area contributed by atoms with Gasteiger partial charge in [-0.1, -0.05) is 65.5 Å². The lowest BCUT2D eigenvalue weighted by molar-refractivity contribution is -0.858. The molecule has 2 amide bonds. The molecule has 72 heavy (non-hydrogen) atoms. The summed E-state index contributed by atoms with van der Waals surface area (Å²) in [6, 6.07) is 0. The monoisotopic (exact) mass is 1320 g/mol. The lowest BCUT2D eigenvalue weighted by Crippen LogP contribution is -3.05. The Balaban J connectivity index is 0. The van der Waals surface area contributed by atoms with E-state index >= 15 is 0 Å². The Bertz CT molecular complexity index is 1800. The average molecular weight is 1320 g/mol. The fraction of sp³-hybridized carbons (Fsp3) is 0.800. The van der Waals surface area contributed by atoms with Gasteiger partial charge in [0.15, 0.2) is 0 Å². The summed E-state index contributed by atoms with van der Waals surface area (Å²) >= 11 is 3.63. The molecule has 2 radical (unpaired) electrons. The highest BCUT2D eigenvalue weighted by molar-refractivity contribution is 14.1. The number of carbonyl (C=O) groups excluding carboxylic acids is 8. The van der Waals surface area contributed by atoms with Crippen molar-refractivity contribution in [3.05, 3.63) is 0 Å². The highest BCUT2D eigenvalue weighted by Gasteiger charge is 2.47. The van der Waals surface area contributed by atoms with Gasteiger partial charge in [0.25, 0.3) is 0 Å². The zero-order chi connectivity index (χ0) is 56.9. The molecule has 0 aromatic carbocycles. The standard InChI is InChI=1S/C25H47BIN4O9PSi.C15H23BIO11PSi/c1-8-18(42(38,39)40)19(21(32)28-11-9-13-30(4)5)17(24(36)37)15-25(3,41-26-27)20(16(2)23(34)35)22(33)29-12-10-14-31(6)7;1-4-8(30(26,27)28)9(13(22)23)7(12(20)21)5-15(3,29-16-17)10(14(24)25)6(2)11(18)19/h16-20,41H,8-15H2,1-7H3,(H,28,32)(H,29,33)(H,34,35)(H,36,37);6-10,29H,4-5H2,1-3H3,(H,18,19)(H,20,21)(H,22,23)(H,24,25)/q2*-3/p-4. The van der Waals surface area contributed by atoms with Crippen LogP contribution in [-0.4, -0.2) is 140 Å². The van der Waals surface area contributed by atoms with Crippen LogP contribution >= 0.6 is 61.7 Å². The first kappa shape index (κ1) is 72.4. The van der Waals surface area contributed by atoms with Gasteiger partial charge in [0.1, 0.15) is 0 Å². The van der Waals surface area contributed by atoms with Crippen LogP contribution in [0.15, 0.2) is 0 Å². The SMILES string of the molecule is CCC(C(C(=O)NCCC[NH+](C)C)C(CC(C)(P[B]I)C(C(=O)NCCC[NH+](C)C)C(C)C(=O)[O-])C(=O)[O-])[Si]([O-])([O-])[O-].CCC(C(C(=O)[O-])C(CC(C)(P[B]I)C(C(=O)[O-])C(C)C(=O)[O-])C(=O)[O-])[Si]([O-])([O-])[O-]. The number of aliphatic carboxylic acids is 6. The molecule has 0 bridgehead atoms. The van der Waals surface area contributed by atoms with Gasteiger partial charge in [-0.2, -0.15) is 44.7 Å². The molecule has 32 heteroatoms. The van der Waals surface area contributed by atoms with Crippen LogP contribution < -0.4 is 79.8 Å². The molecule has 0 saturated heterocycles. The van der Waals surface area contributed by atoms with Gasteiger partial charge >= 0.3 is 0 Å². The van der Waals surface area contributed by atoms with Gasteiger partial charge in [-0.25, -0.2) is 0 Å². The summed E-state index contributed by atoms with van der Waals surface area (Å²) in [5, 5.41) is 73.4. The summed E-state index contributed by atoms with van der Waals surface area (Å²) in [4.78, 5) is 175. The molecular weight excluding hydrogens is 1250 g/mol. The Morgan fingerprint density at radius 1 is 0.542 bits per heavy atom. The van der Waals surface area contributed by atoms with Crippen LogP contribution in [0, 0.1) is 47.3 Å². The van der Waals surface area contributed by atoms with Gasteiger partial charge in [-0.3, -0.25) is 27.2 Å². The molecule has 0 aliphatic carbocycles. The van der Waals surface area contributed by atoms with Gasteiger partial charge in [-0.05, 0) is 23.2 Å². The minimum Gasteiger partial charge on any atom is -0.881 e. The Labute approximate surface area is 455 Å². The maximum Gasteiger partial charge on any atom is 0.230 e. The Kier molecular flexibility index (Phi) is 33.7. The van der Waals surface area contributed by atoms with E-state index in [0.717, 1.165) is 23.3 Å². The number of halogens is 2. The van der Waals surface area contributed by atoms with E-state index in [1.165, 1.54) is 39.5 Å². The van der Waals surface area contributed by atoms with E-state index in [1.54, 1.807) is 27.2 Å². The third kappa shape index (κ3) is 23.7. The van der Waals surface area contributed by atoms with Crippen LogP contribution in [-0.2, 0) is 38.4 Å². The second kappa shape index (κ2) is 33.5. The molecule has 0 aliphatic heterocycles. The van der Waals surface area contributed by atoms with Crippen molar-refractivity contribution in [3.8, 4) is 0 Å². The number of carboxylic acid groups (broad SMARTS) is 6. The molecule has 0 saturated carbocycles. The highest BCUT2D eigenvalue weighted by Crippen LogP contribution is 2.50. The lowest BCUT2D eigenvalue weighted by Gasteiger charge is -2.65. The van der Waals surface area contributed by atoms with Gasteiger partial charge < -0.3 is 109 Å². The first-order chi connectivity index (χ1) is 32.9. The highest BCUT2D eigenvalue weighted by atomic mass is 127. The first-order valence-corrected chi connectivity index (χ1v) is 31.1. The molecule has 0 aromatic heterocycles. The van der Waals surface area contributed by atoms with Crippen molar-refractivity contribution < 1.29 is 108 Å². The number of rotatable bonds is 36. The molecule has 414 valence electrons. The van der Waals surface area contributed by atoms with Crippen LogP contribution in [0.25, 0.3) is 0 Å². The quantitative estimate of drug-likeness (QED) is 0.0196. The van der Waals surface area contributed by atoms with Crippen LogP contribution in [0.4, 0.5) is 0 Å². The molecular formula is C40H66B2I2N4O20P2Si2-10. The molecule has 24 nitrogen and oxygen atoms in total. The fourth-order valence-corrected chi connectivity index (χ4v) is 18.2. The topological polar surface area (TPSA) is 446 Å². The number of carbonyl (C=O) groups is 8. The van der Waals surface area contributed by atoms with Crippen LogP contribution in [0.5, 0.6) is 0 Å². The minimum atomic E-state index is -5.91. The van der Waals surface area contributed by atoms with Gasteiger partial charge in [0.2, 0.25) is 21.5 Å². The van der Waals surface area contributed by atoms with Crippen molar-refractivity contribution in [2.24, 2.45) is 47.3 Å². The Hall–Kier alpha value is -1.68. The van der Waals surface area contributed by atoms with E-state index < -0.39 is 162 Å². The zero-order valence-corrected chi connectivity index (χ0v) is 50.2. The molecule has 0 spiro atoms. The van der Waals surface area contributed by atoms with Crippen molar-refractivity contribution >= 4 is 137 Å². The lowest BCUT2D eigenvalue weighted by atomic mass is 9.73. The molecule has 0 fully saturated rings. The normalized spacial score (nSPS) is 18.2. The van der Waals surface area contributed by atoms with Gasteiger partial charge in [-0.15, -0.1) is 16.9 Å². The third-order valence-corrected chi connectivity index (χ3v) is 20.5. The number of carboxylic acids is 6. The van der Waals surface area contributed by atoms with E-state index in [1.807, 2.05) is 50.6 Å². The number of nitrogens with one attached hydrogen (secondary N) is 4. The molecule has 4 N–H and O–H groups in total. The maximum absolute atomic E-state index is 13.5. The number of hydrogen-bond acceptors (Lipinski definition) is 20. The second-order valence-corrected chi connectivity index (χ2v) is 29.8. The summed E-state index contributed by atoms with van der Waals surface area (Å²) in [5.41, 5.74) is -3.95. The van der Waals surface area contributed by atoms with E-state index in [2.05, 4.69) is 10.6 Å². The smallest absolute Gasteiger partial charge is 0.230 e. The Morgan fingerprint density at radius 3 is 1.17 bits per heavy atom. The van der Waals surface area contributed by atoms with Crippen LogP contribution in [0.3, 0.4) is 0 Å². The van der Waals surface area contributed by atoms with Crippen molar-refractivity contribution in [1.82, 2.24) is 10.6 Å². The minimum absolute atomic E-state index is 0.129. The number of hydrogen-bond donors (Lipinski definition) is 4. The summed E-state index contributed by atoms with van der Waals surface area (Å²) in [7, 11) is -4.78. The summed E-state index contributed by atoms with van der Waals surface area (Å²) in [5.74, 6) is -26.7. The van der Waals surface area contributed by atoms with Crippen molar-refractivity contribution in [3.63, 3.8) is 0 Å². The molecule has 14 atom stereocenters. The molecule has 0 aliphatic rings. The number of amides is 2. The first-order valence-electron chi connectivity index (χ1n) is 22.9. The predicted octanol–water partition coefficient (Wildman–Crippen LogP) is -14.1. The summed E-state index contributed by atoms with van der Waals surface area (Å²) < 4.78 is 0. The van der Waals surface area contributed by atoms with Gasteiger partial charge in [0, 0.05) is 103 Å². The van der Waals surface area contributed by atoms with E-state index in [0.29, 0.717) is 19.4 Å². The van der Waals surface area contributed by atoms with Crippen molar-refractivity contribution in [2.45, 2.75) is 101 Å². The molecule has 0 aromatic rings. The van der Waals surface area contributed by atoms with Crippen LogP contribution in [0.1, 0.15) is 80.1 Å². The molecule has 0 rings (SSSR count). The van der Waals surface area contributed by atoms with E-state index in [4.69, 9.17) is 0 Å². The van der Waals surface area contributed by atoms with Crippen LogP contribution in [0.2, 0.25) is 11.1 Å². The summed E-state index contributed by atoms with van der Waals surface area (Å²) in [6.07, 6.45) is -1.00. The third-order valence-electron chi connectivity index (χ3n) is 12.7. The average Bonchev–Trinajstić information content (AvgIpc) is 3.22. The fourth-order valence-electron chi connectivity index (χ4n) is 9.02. The van der Waals surface area contributed by atoms with Crippen molar-refractivity contribution in [1.29, 1.82) is 0 Å². The largest absolute Gasteiger partial charge is 0.881 e. The molecule has 0 heterocycles. The molecule has 14 unspecified atom stereocenters. The zero-order valence-electron chi connectivity index (χ0n) is 41.9. The summed E-state index contributed by atoms with van der Waals surface area (Å²) in [6.45, 7) is 9.40.